The van der Waals surface area contributed by atoms with E-state index < -0.39 is 0 Å². The molecule has 82 valence electrons. The van der Waals surface area contributed by atoms with Crippen molar-refractivity contribution in [1.29, 1.82) is 0 Å². The molecule has 2 aromatic rings. The van der Waals surface area contributed by atoms with Gasteiger partial charge in [-0.1, -0.05) is 12.1 Å². The van der Waals surface area contributed by atoms with Gasteiger partial charge in [-0.3, -0.25) is 0 Å². The molecule has 0 radical (unpaired) electrons. The van der Waals surface area contributed by atoms with E-state index in [1.165, 1.54) is 6.33 Å². The molecule has 0 atom stereocenters. The molecule has 0 spiro atoms. The molecule has 1 aromatic heterocycles. The molecule has 2 rings (SSSR count). The van der Waals surface area contributed by atoms with Crippen molar-refractivity contribution in [1.82, 2.24) is 15.2 Å². The van der Waals surface area contributed by atoms with E-state index >= 15 is 0 Å². The van der Waals surface area contributed by atoms with Crippen molar-refractivity contribution in [3.63, 3.8) is 0 Å². The summed E-state index contributed by atoms with van der Waals surface area (Å²) in [5, 5.41) is 6.38. The minimum absolute atomic E-state index is 0.511. The standard InChI is InChI=1S/C11H13N5/c1-16(2)10-5-3-9(4-6-10)7-12-11-13-8-14-15-11/h3-8H,1-2H3,(H,13,14,15)/b12-7-. The first kappa shape index (κ1) is 10.4. The second kappa shape index (κ2) is 4.57. The largest absolute Gasteiger partial charge is 0.378 e. The van der Waals surface area contributed by atoms with E-state index in [0.717, 1.165) is 11.3 Å². The third-order valence-electron chi connectivity index (χ3n) is 2.15. The Kier molecular flexibility index (Phi) is 2.95. The van der Waals surface area contributed by atoms with Gasteiger partial charge in [-0.25, -0.2) is 10.1 Å². The molecule has 0 unspecified atom stereocenters. The Bertz CT molecular complexity index is 456. The van der Waals surface area contributed by atoms with Gasteiger partial charge in [0, 0.05) is 26.0 Å². The van der Waals surface area contributed by atoms with Crippen molar-refractivity contribution >= 4 is 17.9 Å². The zero-order valence-corrected chi connectivity index (χ0v) is 9.25. The van der Waals surface area contributed by atoms with Crippen LogP contribution in [0.5, 0.6) is 0 Å². The maximum Gasteiger partial charge on any atom is 0.245 e. The summed E-state index contributed by atoms with van der Waals surface area (Å²) in [4.78, 5) is 10.1. The fraction of sp³-hybridized carbons (Fsp3) is 0.182. The minimum atomic E-state index is 0.511. The van der Waals surface area contributed by atoms with Gasteiger partial charge in [0.05, 0.1) is 0 Å². The van der Waals surface area contributed by atoms with Crippen LogP contribution in [0.25, 0.3) is 0 Å². The van der Waals surface area contributed by atoms with E-state index in [0.29, 0.717) is 5.95 Å². The van der Waals surface area contributed by atoms with Crippen LogP contribution < -0.4 is 4.90 Å². The topological polar surface area (TPSA) is 57.2 Å². The summed E-state index contributed by atoms with van der Waals surface area (Å²) in [6.07, 6.45) is 3.18. The predicted molar refractivity (Wildman–Crippen MR) is 64.4 cm³/mol. The van der Waals surface area contributed by atoms with Crippen LogP contribution in [-0.2, 0) is 0 Å². The maximum atomic E-state index is 4.14. The molecule has 1 aromatic carbocycles. The molecule has 0 fully saturated rings. The third kappa shape index (κ3) is 2.44. The zero-order chi connectivity index (χ0) is 11.4. The molecule has 5 nitrogen and oxygen atoms in total. The summed E-state index contributed by atoms with van der Waals surface area (Å²) < 4.78 is 0. The summed E-state index contributed by atoms with van der Waals surface area (Å²) in [6, 6.07) is 8.11. The van der Waals surface area contributed by atoms with Crippen LogP contribution in [0.3, 0.4) is 0 Å². The molecule has 0 aliphatic rings. The SMILES string of the molecule is CN(C)c1ccc(/C=N\c2ncn[nH]2)cc1. The van der Waals surface area contributed by atoms with Crippen molar-refractivity contribution in [3.05, 3.63) is 36.2 Å². The number of rotatable bonds is 3. The van der Waals surface area contributed by atoms with Crippen molar-refractivity contribution in [2.24, 2.45) is 4.99 Å². The third-order valence-corrected chi connectivity index (χ3v) is 2.15. The Hall–Kier alpha value is -2.17. The Morgan fingerprint density at radius 1 is 1.25 bits per heavy atom. The van der Waals surface area contributed by atoms with Crippen LogP contribution in [0.2, 0.25) is 0 Å². The highest BCUT2D eigenvalue weighted by Gasteiger charge is 1.94. The van der Waals surface area contributed by atoms with Crippen molar-refractivity contribution in [3.8, 4) is 0 Å². The lowest BCUT2D eigenvalue weighted by atomic mass is 10.2. The van der Waals surface area contributed by atoms with Gasteiger partial charge in [0.1, 0.15) is 6.33 Å². The number of hydrogen-bond acceptors (Lipinski definition) is 4. The molecule has 0 amide bonds. The Morgan fingerprint density at radius 2 is 2.00 bits per heavy atom. The van der Waals surface area contributed by atoms with Crippen molar-refractivity contribution in [2.45, 2.75) is 0 Å². The normalized spacial score (nSPS) is 10.9. The Morgan fingerprint density at radius 3 is 2.56 bits per heavy atom. The molecule has 0 aliphatic carbocycles. The molecular formula is C11H13N5. The van der Waals surface area contributed by atoms with Gasteiger partial charge in [-0.15, -0.1) is 0 Å². The number of aromatic amines is 1. The summed E-state index contributed by atoms with van der Waals surface area (Å²) in [5.41, 5.74) is 2.19. The van der Waals surface area contributed by atoms with Gasteiger partial charge in [0.15, 0.2) is 0 Å². The molecule has 16 heavy (non-hydrogen) atoms. The fourth-order valence-electron chi connectivity index (χ4n) is 1.26. The Balaban J connectivity index is 2.11. The second-order valence-electron chi connectivity index (χ2n) is 3.55. The fourth-order valence-corrected chi connectivity index (χ4v) is 1.26. The monoisotopic (exact) mass is 215 g/mol. The van der Waals surface area contributed by atoms with E-state index in [1.54, 1.807) is 6.21 Å². The quantitative estimate of drug-likeness (QED) is 0.791. The van der Waals surface area contributed by atoms with Crippen molar-refractivity contribution in [2.75, 3.05) is 19.0 Å². The van der Waals surface area contributed by atoms with Crippen molar-refractivity contribution < 1.29 is 0 Å². The summed E-state index contributed by atoms with van der Waals surface area (Å²) >= 11 is 0. The van der Waals surface area contributed by atoms with E-state index in [-0.39, 0.29) is 0 Å². The predicted octanol–water partition coefficient (Wildman–Crippen LogP) is 1.62. The first-order chi connectivity index (χ1) is 7.75. The minimum Gasteiger partial charge on any atom is -0.378 e. The lowest BCUT2D eigenvalue weighted by molar-refractivity contribution is 1.08. The van der Waals surface area contributed by atoms with E-state index in [9.17, 15) is 0 Å². The number of benzene rings is 1. The number of H-pyrrole nitrogens is 1. The molecule has 0 saturated carbocycles. The average molecular weight is 215 g/mol. The number of nitrogens with zero attached hydrogens (tertiary/aromatic N) is 4. The highest BCUT2D eigenvalue weighted by atomic mass is 15.2. The molecule has 1 N–H and O–H groups in total. The maximum absolute atomic E-state index is 4.14. The van der Waals surface area contributed by atoms with Crippen LogP contribution in [0.15, 0.2) is 35.6 Å². The smallest absolute Gasteiger partial charge is 0.245 e. The number of anilines is 1. The first-order valence-electron chi connectivity index (χ1n) is 4.92. The highest BCUT2D eigenvalue weighted by Crippen LogP contribution is 2.11. The van der Waals surface area contributed by atoms with E-state index in [1.807, 2.05) is 38.4 Å². The summed E-state index contributed by atoms with van der Waals surface area (Å²) in [6.45, 7) is 0. The van der Waals surface area contributed by atoms with Gasteiger partial charge >= 0.3 is 0 Å². The van der Waals surface area contributed by atoms with Gasteiger partial charge in [-0.2, -0.15) is 10.1 Å². The van der Waals surface area contributed by atoms with E-state index in [2.05, 4.69) is 25.1 Å². The lowest BCUT2D eigenvalue weighted by Gasteiger charge is -2.11. The van der Waals surface area contributed by atoms with Gasteiger partial charge in [0.25, 0.3) is 0 Å². The lowest BCUT2D eigenvalue weighted by Crippen LogP contribution is -2.08. The second-order valence-corrected chi connectivity index (χ2v) is 3.55. The van der Waals surface area contributed by atoms with Crippen LogP contribution in [0.4, 0.5) is 11.6 Å². The molecule has 0 saturated heterocycles. The average Bonchev–Trinajstić information content (AvgIpc) is 2.80. The number of aromatic nitrogens is 3. The van der Waals surface area contributed by atoms with E-state index in [4.69, 9.17) is 0 Å². The molecule has 0 bridgehead atoms. The number of nitrogens with one attached hydrogen (secondary N) is 1. The molecule has 0 aliphatic heterocycles. The van der Waals surface area contributed by atoms with Gasteiger partial charge in [0.2, 0.25) is 5.95 Å². The van der Waals surface area contributed by atoms with Crippen LogP contribution in [0, 0.1) is 0 Å². The number of hydrogen-bond donors (Lipinski definition) is 1. The zero-order valence-electron chi connectivity index (χ0n) is 9.25. The van der Waals surface area contributed by atoms with Gasteiger partial charge < -0.3 is 4.90 Å². The van der Waals surface area contributed by atoms with Crippen LogP contribution in [0.1, 0.15) is 5.56 Å². The summed E-state index contributed by atoms with van der Waals surface area (Å²) in [5.74, 6) is 0.511. The van der Waals surface area contributed by atoms with Gasteiger partial charge in [-0.05, 0) is 17.7 Å². The first-order valence-corrected chi connectivity index (χ1v) is 4.92. The van der Waals surface area contributed by atoms with Crippen LogP contribution in [-0.4, -0.2) is 35.5 Å². The number of aliphatic imine (C=N–C) groups is 1. The molecule has 5 heteroatoms. The molecular weight excluding hydrogens is 202 g/mol. The van der Waals surface area contributed by atoms with Crippen LogP contribution >= 0.6 is 0 Å². The summed E-state index contributed by atoms with van der Waals surface area (Å²) in [7, 11) is 4.02. The molecule has 1 heterocycles. The Labute approximate surface area is 93.9 Å². The highest BCUT2D eigenvalue weighted by molar-refractivity contribution is 5.81.